The van der Waals surface area contributed by atoms with Crippen molar-refractivity contribution in [2.75, 3.05) is 11.9 Å². The molecule has 4 heteroatoms. The average molecular weight is 336 g/mol. The Morgan fingerprint density at radius 3 is 2.75 bits per heavy atom. The molecule has 0 bridgehead atoms. The summed E-state index contributed by atoms with van der Waals surface area (Å²) >= 11 is 3.53. The van der Waals surface area contributed by atoms with E-state index in [-0.39, 0.29) is 0 Å². The Morgan fingerprint density at radius 1 is 1.35 bits per heavy atom. The van der Waals surface area contributed by atoms with Crippen molar-refractivity contribution in [3.05, 3.63) is 47.9 Å². The molecular formula is C16H20BrN2O+. The van der Waals surface area contributed by atoms with Crippen molar-refractivity contribution in [2.45, 2.75) is 32.4 Å². The van der Waals surface area contributed by atoms with E-state index in [1.54, 1.807) is 0 Å². The predicted molar refractivity (Wildman–Crippen MR) is 82.6 cm³/mol. The van der Waals surface area contributed by atoms with Crippen LogP contribution in [0.5, 0.6) is 5.88 Å². The third kappa shape index (κ3) is 2.26. The summed E-state index contributed by atoms with van der Waals surface area (Å²) in [5, 5.41) is 0.955. The van der Waals surface area contributed by atoms with E-state index in [4.69, 9.17) is 4.74 Å². The number of nitrogens with zero attached hydrogens (tertiary/aromatic N) is 2. The van der Waals surface area contributed by atoms with E-state index in [1.807, 2.05) is 0 Å². The largest absolute Gasteiger partial charge is 0.454 e. The van der Waals surface area contributed by atoms with Gasteiger partial charge in [0.2, 0.25) is 6.33 Å². The Balaban J connectivity index is 2.03. The highest BCUT2D eigenvalue weighted by Gasteiger charge is 2.37. The zero-order valence-electron chi connectivity index (χ0n) is 11.9. The number of hydrogen-bond acceptors (Lipinski definition) is 1. The summed E-state index contributed by atoms with van der Waals surface area (Å²) in [6.07, 6.45) is 2.20. The molecule has 0 amide bonds. The van der Waals surface area contributed by atoms with Gasteiger partial charge in [-0.25, -0.2) is 4.57 Å². The molecular weight excluding hydrogens is 316 g/mol. The number of halogens is 1. The molecule has 3 nitrogen and oxygen atoms in total. The normalized spacial score (nSPS) is 17.3. The van der Waals surface area contributed by atoms with E-state index >= 15 is 0 Å². The van der Waals surface area contributed by atoms with Crippen LogP contribution in [0.4, 0.5) is 0 Å². The van der Waals surface area contributed by atoms with Gasteiger partial charge in [-0.2, -0.15) is 4.57 Å². The van der Waals surface area contributed by atoms with Crippen molar-refractivity contribution in [1.82, 2.24) is 4.57 Å². The van der Waals surface area contributed by atoms with Crippen LogP contribution in [0.2, 0.25) is 0 Å². The molecule has 3 rings (SSSR count). The van der Waals surface area contributed by atoms with Crippen molar-refractivity contribution in [3.63, 3.8) is 0 Å². The fourth-order valence-corrected chi connectivity index (χ4v) is 3.29. The van der Waals surface area contributed by atoms with Gasteiger partial charge in [-0.15, -0.1) is 0 Å². The van der Waals surface area contributed by atoms with Gasteiger partial charge in [0, 0.05) is 16.8 Å². The number of alkyl halides is 1. The molecule has 2 aromatic rings. The molecule has 0 spiro atoms. The van der Waals surface area contributed by atoms with Gasteiger partial charge in [0.1, 0.15) is 13.2 Å². The molecule has 0 unspecified atom stereocenters. The summed E-state index contributed by atoms with van der Waals surface area (Å²) < 4.78 is 10.6. The van der Waals surface area contributed by atoms with Gasteiger partial charge in [-0.3, -0.25) is 0 Å². The monoisotopic (exact) mass is 335 g/mol. The molecule has 0 aliphatic carbocycles. The second kappa shape index (κ2) is 5.60. The first kappa shape index (κ1) is 13.7. The van der Waals surface area contributed by atoms with E-state index in [0.717, 1.165) is 24.4 Å². The third-order valence-corrected chi connectivity index (χ3v) is 4.15. The lowest BCUT2D eigenvalue weighted by Gasteiger charge is -2.06. The second-order valence-electron chi connectivity index (χ2n) is 5.49. The summed E-state index contributed by atoms with van der Waals surface area (Å²) in [5.74, 6) is 1.50. The lowest BCUT2D eigenvalue weighted by Crippen LogP contribution is -2.35. The van der Waals surface area contributed by atoms with E-state index in [1.165, 1.54) is 11.3 Å². The molecule has 1 aromatic heterocycles. The van der Waals surface area contributed by atoms with Crippen LogP contribution in [-0.2, 0) is 6.54 Å². The average Bonchev–Trinajstić information content (AvgIpc) is 2.98. The minimum absolute atomic E-state index is 0.292. The lowest BCUT2D eigenvalue weighted by atomic mass is 10.1. The second-order valence-corrected chi connectivity index (χ2v) is 6.28. The first-order valence-corrected chi connectivity index (χ1v) is 8.22. The van der Waals surface area contributed by atoms with Gasteiger partial charge in [-0.1, -0.05) is 60.1 Å². The van der Waals surface area contributed by atoms with Gasteiger partial charge < -0.3 is 4.74 Å². The summed E-state index contributed by atoms with van der Waals surface area (Å²) in [7, 11) is 0. The highest BCUT2D eigenvalue weighted by Crippen LogP contribution is 2.31. The number of rotatable bonds is 4. The van der Waals surface area contributed by atoms with Crippen LogP contribution in [-0.4, -0.2) is 16.5 Å². The van der Waals surface area contributed by atoms with Crippen molar-refractivity contribution in [2.24, 2.45) is 0 Å². The molecule has 0 saturated heterocycles. The number of ether oxygens (including phenoxy) is 1. The number of hydrogen-bond donors (Lipinski definition) is 0. The third-order valence-electron chi connectivity index (χ3n) is 3.80. The highest BCUT2D eigenvalue weighted by molar-refractivity contribution is 9.09. The Morgan fingerprint density at radius 2 is 2.10 bits per heavy atom. The van der Waals surface area contributed by atoms with Gasteiger partial charge in [0.15, 0.2) is 11.7 Å². The predicted octanol–water partition coefficient (Wildman–Crippen LogP) is 3.28. The highest BCUT2D eigenvalue weighted by atomic mass is 79.9. The molecule has 1 aromatic carbocycles. The molecule has 0 radical (unpaired) electrons. The number of fused-ring (bicyclic) bond motifs is 1. The SMILES string of the molecule is CC(C)c1c2[n+](cn1CCBr)[C@H](c1ccccc1)CO2. The summed E-state index contributed by atoms with van der Waals surface area (Å²) in [6, 6.07) is 10.9. The first-order valence-electron chi connectivity index (χ1n) is 7.10. The Kier molecular flexibility index (Phi) is 3.83. The Labute approximate surface area is 128 Å². The maximum Gasteiger partial charge on any atom is 0.329 e. The van der Waals surface area contributed by atoms with Crippen LogP contribution in [0.1, 0.15) is 37.1 Å². The quantitative estimate of drug-likeness (QED) is 0.619. The minimum atomic E-state index is 0.292. The summed E-state index contributed by atoms with van der Waals surface area (Å²) in [5.41, 5.74) is 2.60. The summed E-state index contributed by atoms with van der Waals surface area (Å²) in [4.78, 5) is 0. The fraction of sp³-hybridized carbons (Fsp3) is 0.438. The maximum atomic E-state index is 6.01. The number of benzene rings is 1. The van der Waals surface area contributed by atoms with Gasteiger partial charge in [0.25, 0.3) is 0 Å². The van der Waals surface area contributed by atoms with Crippen LogP contribution in [0, 0.1) is 0 Å². The molecule has 1 aliphatic rings. The summed E-state index contributed by atoms with van der Waals surface area (Å²) in [6.45, 7) is 6.15. The van der Waals surface area contributed by atoms with Crippen LogP contribution in [0.15, 0.2) is 36.7 Å². The molecule has 2 heterocycles. The Hall–Kier alpha value is -1.29. The van der Waals surface area contributed by atoms with Gasteiger partial charge >= 0.3 is 5.88 Å². The minimum Gasteiger partial charge on any atom is -0.454 e. The topological polar surface area (TPSA) is 18.0 Å². The molecule has 1 atom stereocenters. The maximum absolute atomic E-state index is 6.01. The van der Waals surface area contributed by atoms with Crippen LogP contribution in [0.3, 0.4) is 0 Å². The van der Waals surface area contributed by atoms with Gasteiger partial charge in [-0.05, 0) is 0 Å². The van der Waals surface area contributed by atoms with Gasteiger partial charge in [0.05, 0.1) is 0 Å². The number of aryl methyl sites for hydroxylation is 1. The van der Waals surface area contributed by atoms with Crippen molar-refractivity contribution < 1.29 is 9.30 Å². The zero-order valence-corrected chi connectivity index (χ0v) is 13.5. The van der Waals surface area contributed by atoms with Crippen LogP contribution in [0.25, 0.3) is 0 Å². The van der Waals surface area contributed by atoms with E-state index in [9.17, 15) is 0 Å². The van der Waals surface area contributed by atoms with E-state index in [0.29, 0.717) is 12.0 Å². The molecule has 0 fully saturated rings. The number of imidazole rings is 1. The fourth-order valence-electron chi connectivity index (χ4n) is 2.91. The number of aromatic nitrogens is 2. The van der Waals surface area contributed by atoms with Crippen LogP contribution >= 0.6 is 15.9 Å². The lowest BCUT2D eigenvalue weighted by molar-refractivity contribution is -0.695. The first-order chi connectivity index (χ1) is 9.72. The Bertz CT molecular complexity index is 592. The standard InChI is InChI=1S/C16H20BrN2O/c1-12(2)15-16-19(11-18(15)9-8-17)14(10-20-16)13-6-4-3-5-7-13/h3-7,11-12,14H,8-10H2,1-2H3/q+1/t14-/m0/s1. The molecule has 106 valence electrons. The smallest absolute Gasteiger partial charge is 0.329 e. The molecule has 0 N–H and O–H groups in total. The van der Waals surface area contributed by atoms with Crippen LogP contribution < -0.4 is 9.30 Å². The molecule has 1 aliphatic heterocycles. The van der Waals surface area contributed by atoms with E-state index < -0.39 is 0 Å². The van der Waals surface area contributed by atoms with Crippen molar-refractivity contribution in [1.29, 1.82) is 0 Å². The van der Waals surface area contributed by atoms with Crippen molar-refractivity contribution in [3.8, 4) is 5.88 Å². The molecule has 20 heavy (non-hydrogen) atoms. The van der Waals surface area contributed by atoms with E-state index in [2.05, 4.69) is 75.6 Å². The van der Waals surface area contributed by atoms with Crippen molar-refractivity contribution >= 4 is 15.9 Å². The molecule has 0 saturated carbocycles. The zero-order chi connectivity index (χ0) is 14.1.